The molecule has 0 aliphatic carbocycles. The molecule has 0 atom stereocenters. The molecule has 84 valence electrons. The zero-order valence-corrected chi connectivity index (χ0v) is 10.2. The van der Waals surface area contributed by atoms with Crippen LogP contribution in [0.25, 0.3) is 5.82 Å². The first-order chi connectivity index (χ1) is 7.47. The minimum Gasteiger partial charge on any atom is -0.237 e. The molecule has 2 aromatic heterocycles. The van der Waals surface area contributed by atoms with Crippen LogP contribution in [-0.4, -0.2) is 14.8 Å². The topological polar surface area (TPSA) is 30.7 Å². The summed E-state index contributed by atoms with van der Waals surface area (Å²) in [6.07, 6.45) is 3.85. The second-order valence-corrected chi connectivity index (χ2v) is 5.06. The Morgan fingerprint density at radius 2 is 1.88 bits per heavy atom. The van der Waals surface area contributed by atoms with Gasteiger partial charge in [0.15, 0.2) is 5.82 Å². The molecule has 0 fully saturated rings. The molecule has 0 saturated carbocycles. The van der Waals surface area contributed by atoms with E-state index in [1.165, 1.54) is 5.56 Å². The van der Waals surface area contributed by atoms with E-state index >= 15 is 0 Å². The van der Waals surface area contributed by atoms with E-state index in [2.05, 4.69) is 36.9 Å². The molecule has 0 radical (unpaired) electrons. The maximum Gasteiger partial charge on any atom is 0.153 e. The second kappa shape index (κ2) is 3.74. The SMILES string of the molecule is Cc1ccn(-c2ccc(C(C)(C)C)cn2)n1. The molecule has 0 aliphatic rings. The third-order valence-electron chi connectivity index (χ3n) is 2.57. The van der Waals surface area contributed by atoms with Gasteiger partial charge in [-0.3, -0.25) is 0 Å². The van der Waals surface area contributed by atoms with Crippen LogP contribution in [0.4, 0.5) is 0 Å². The lowest BCUT2D eigenvalue weighted by Gasteiger charge is -2.18. The van der Waals surface area contributed by atoms with Gasteiger partial charge >= 0.3 is 0 Å². The number of hydrogen-bond acceptors (Lipinski definition) is 2. The van der Waals surface area contributed by atoms with Gasteiger partial charge in [0.1, 0.15) is 0 Å². The summed E-state index contributed by atoms with van der Waals surface area (Å²) in [5.74, 6) is 0.862. The van der Waals surface area contributed by atoms with Crippen molar-refractivity contribution in [2.45, 2.75) is 33.1 Å². The molecule has 0 aliphatic heterocycles. The van der Waals surface area contributed by atoms with Crippen LogP contribution in [0.3, 0.4) is 0 Å². The van der Waals surface area contributed by atoms with Crippen molar-refractivity contribution < 1.29 is 0 Å². The fraction of sp³-hybridized carbons (Fsp3) is 0.385. The lowest BCUT2D eigenvalue weighted by Crippen LogP contribution is -2.12. The molecule has 0 N–H and O–H groups in total. The molecule has 2 aromatic rings. The van der Waals surface area contributed by atoms with Gasteiger partial charge in [0.05, 0.1) is 5.69 Å². The Morgan fingerprint density at radius 1 is 1.12 bits per heavy atom. The maximum absolute atomic E-state index is 4.43. The summed E-state index contributed by atoms with van der Waals surface area (Å²) in [6.45, 7) is 8.52. The summed E-state index contributed by atoms with van der Waals surface area (Å²) in [5, 5.41) is 4.33. The summed E-state index contributed by atoms with van der Waals surface area (Å²) in [4.78, 5) is 4.43. The van der Waals surface area contributed by atoms with E-state index in [-0.39, 0.29) is 5.41 Å². The van der Waals surface area contributed by atoms with Crippen molar-refractivity contribution in [2.75, 3.05) is 0 Å². The molecular weight excluding hydrogens is 198 g/mol. The first-order valence-electron chi connectivity index (χ1n) is 5.46. The van der Waals surface area contributed by atoms with E-state index < -0.39 is 0 Å². The zero-order valence-electron chi connectivity index (χ0n) is 10.2. The first-order valence-corrected chi connectivity index (χ1v) is 5.46. The summed E-state index contributed by atoms with van der Waals surface area (Å²) >= 11 is 0. The Hall–Kier alpha value is -1.64. The van der Waals surface area contributed by atoms with E-state index in [4.69, 9.17) is 0 Å². The quantitative estimate of drug-likeness (QED) is 0.732. The van der Waals surface area contributed by atoms with Gasteiger partial charge in [-0.1, -0.05) is 26.8 Å². The third-order valence-corrected chi connectivity index (χ3v) is 2.57. The summed E-state index contributed by atoms with van der Waals surface area (Å²) in [5.41, 5.74) is 2.38. The average Bonchev–Trinajstić information content (AvgIpc) is 2.64. The minimum atomic E-state index is 0.144. The Balaban J connectivity index is 2.33. The van der Waals surface area contributed by atoms with Crippen molar-refractivity contribution in [2.24, 2.45) is 0 Å². The van der Waals surface area contributed by atoms with Gasteiger partial charge in [-0.25, -0.2) is 9.67 Å². The molecule has 2 rings (SSSR count). The highest BCUT2D eigenvalue weighted by molar-refractivity contribution is 5.28. The van der Waals surface area contributed by atoms with E-state index in [1.807, 2.05) is 31.5 Å². The standard InChI is InChI=1S/C13H17N3/c1-10-7-8-16(15-10)12-6-5-11(9-14-12)13(2,3)4/h5-9H,1-4H3. The van der Waals surface area contributed by atoms with Gasteiger partial charge in [0, 0.05) is 12.4 Å². The number of pyridine rings is 1. The van der Waals surface area contributed by atoms with Crippen LogP contribution < -0.4 is 0 Å². The van der Waals surface area contributed by atoms with Gasteiger partial charge in [0.2, 0.25) is 0 Å². The molecule has 0 spiro atoms. The highest BCUT2D eigenvalue weighted by Crippen LogP contribution is 2.21. The second-order valence-electron chi connectivity index (χ2n) is 5.06. The molecule has 3 nitrogen and oxygen atoms in total. The van der Waals surface area contributed by atoms with Crippen LogP contribution in [0.1, 0.15) is 32.0 Å². The van der Waals surface area contributed by atoms with E-state index in [0.717, 1.165) is 11.5 Å². The number of aryl methyl sites for hydroxylation is 1. The number of nitrogens with zero attached hydrogens (tertiary/aromatic N) is 3. The van der Waals surface area contributed by atoms with E-state index in [9.17, 15) is 0 Å². The highest BCUT2D eigenvalue weighted by Gasteiger charge is 2.13. The molecule has 0 saturated heterocycles. The van der Waals surface area contributed by atoms with Gasteiger partial charge < -0.3 is 0 Å². The fourth-order valence-corrected chi connectivity index (χ4v) is 1.51. The maximum atomic E-state index is 4.43. The van der Waals surface area contributed by atoms with Gasteiger partial charge in [0.25, 0.3) is 0 Å². The molecule has 0 aromatic carbocycles. The Morgan fingerprint density at radius 3 is 2.31 bits per heavy atom. The Kier molecular flexibility index (Phi) is 2.54. The molecule has 3 heteroatoms. The molecule has 0 bridgehead atoms. The Labute approximate surface area is 96.1 Å². The monoisotopic (exact) mass is 215 g/mol. The van der Waals surface area contributed by atoms with Crippen molar-refractivity contribution in [3.8, 4) is 5.82 Å². The van der Waals surface area contributed by atoms with Gasteiger partial charge in [-0.05, 0) is 30.0 Å². The van der Waals surface area contributed by atoms with Crippen LogP contribution in [0, 0.1) is 6.92 Å². The number of hydrogen-bond donors (Lipinski definition) is 0. The fourth-order valence-electron chi connectivity index (χ4n) is 1.51. The summed E-state index contributed by atoms with van der Waals surface area (Å²) in [6, 6.07) is 6.09. The van der Waals surface area contributed by atoms with Crippen LogP contribution >= 0.6 is 0 Å². The highest BCUT2D eigenvalue weighted by atomic mass is 15.3. The molecule has 0 amide bonds. The summed E-state index contributed by atoms with van der Waals surface area (Å²) < 4.78 is 1.79. The van der Waals surface area contributed by atoms with Crippen LogP contribution in [0.2, 0.25) is 0 Å². The number of aromatic nitrogens is 3. The molecular formula is C13H17N3. The van der Waals surface area contributed by atoms with E-state index in [0.29, 0.717) is 0 Å². The van der Waals surface area contributed by atoms with Gasteiger partial charge in [-0.15, -0.1) is 0 Å². The van der Waals surface area contributed by atoms with Crippen LogP contribution in [-0.2, 0) is 5.41 Å². The molecule has 16 heavy (non-hydrogen) atoms. The van der Waals surface area contributed by atoms with Crippen molar-refractivity contribution in [3.63, 3.8) is 0 Å². The van der Waals surface area contributed by atoms with Crippen molar-refractivity contribution in [3.05, 3.63) is 41.9 Å². The lowest BCUT2D eigenvalue weighted by molar-refractivity contribution is 0.586. The predicted molar refractivity (Wildman–Crippen MR) is 64.8 cm³/mol. The smallest absolute Gasteiger partial charge is 0.153 e. The zero-order chi connectivity index (χ0) is 11.8. The largest absolute Gasteiger partial charge is 0.237 e. The summed E-state index contributed by atoms with van der Waals surface area (Å²) in [7, 11) is 0. The third kappa shape index (κ3) is 2.13. The average molecular weight is 215 g/mol. The van der Waals surface area contributed by atoms with Gasteiger partial charge in [-0.2, -0.15) is 5.10 Å². The van der Waals surface area contributed by atoms with Crippen LogP contribution in [0.5, 0.6) is 0 Å². The molecule has 0 unspecified atom stereocenters. The normalized spacial score (nSPS) is 11.8. The van der Waals surface area contributed by atoms with Crippen LogP contribution in [0.15, 0.2) is 30.6 Å². The molecule has 2 heterocycles. The first kappa shape index (κ1) is 10.9. The predicted octanol–water partition coefficient (Wildman–Crippen LogP) is 2.87. The number of rotatable bonds is 1. The minimum absolute atomic E-state index is 0.144. The van der Waals surface area contributed by atoms with E-state index in [1.54, 1.807) is 4.68 Å². The lowest BCUT2D eigenvalue weighted by atomic mass is 9.88. The Bertz CT molecular complexity index is 475. The van der Waals surface area contributed by atoms with Crippen molar-refractivity contribution in [1.82, 2.24) is 14.8 Å². The van der Waals surface area contributed by atoms with Crippen molar-refractivity contribution >= 4 is 0 Å². The van der Waals surface area contributed by atoms with Crippen molar-refractivity contribution in [1.29, 1.82) is 0 Å².